The van der Waals surface area contributed by atoms with Crippen molar-refractivity contribution >= 4 is 17.5 Å². The Kier molecular flexibility index (Phi) is 4.74. The van der Waals surface area contributed by atoms with Gasteiger partial charge in [-0.25, -0.2) is 0 Å². The average molecular weight is 241 g/mol. The van der Waals surface area contributed by atoms with Crippen LogP contribution in [0.2, 0.25) is 5.02 Å². The van der Waals surface area contributed by atoms with Gasteiger partial charge in [-0.05, 0) is 25.0 Å². The quantitative estimate of drug-likeness (QED) is 0.811. The first kappa shape index (κ1) is 13.0. The van der Waals surface area contributed by atoms with Crippen LogP contribution in [-0.2, 0) is 0 Å². The molecular formula is C12H17ClN2O. The van der Waals surface area contributed by atoms with Crippen LogP contribution in [0.25, 0.3) is 0 Å². The third-order valence-corrected chi connectivity index (χ3v) is 2.99. The largest absolute Gasteiger partial charge is 0.337 e. The predicted molar refractivity (Wildman–Crippen MR) is 65.7 cm³/mol. The molecule has 1 heterocycles. The normalized spacial score (nSPS) is 10.6. The zero-order chi connectivity index (χ0) is 12.1. The lowest BCUT2D eigenvalue weighted by Crippen LogP contribution is -2.36. The molecule has 0 fully saturated rings. The van der Waals surface area contributed by atoms with Gasteiger partial charge in [0.25, 0.3) is 5.91 Å². The van der Waals surface area contributed by atoms with Gasteiger partial charge in [-0.1, -0.05) is 25.4 Å². The fourth-order valence-electron chi connectivity index (χ4n) is 1.70. The minimum Gasteiger partial charge on any atom is -0.337 e. The van der Waals surface area contributed by atoms with Crippen LogP contribution in [0.1, 0.15) is 37.2 Å². The summed E-state index contributed by atoms with van der Waals surface area (Å²) in [5.41, 5.74) is 0.405. The first-order valence-electron chi connectivity index (χ1n) is 5.48. The van der Waals surface area contributed by atoms with Crippen LogP contribution in [0, 0.1) is 0 Å². The van der Waals surface area contributed by atoms with Gasteiger partial charge in [0.05, 0.1) is 0 Å². The van der Waals surface area contributed by atoms with Crippen molar-refractivity contribution in [1.29, 1.82) is 0 Å². The van der Waals surface area contributed by atoms with Gasteiger partial charge in [0.1, 0.15) is 5.69 Å². The van der Waals surface area contributed by atoms with E-state index >= 15 is 0 Å². The van der Waals surface area contributed by atoms with Gasteiger partial charge in [-0.15, -0.1) is 0 Å². The zero-order valence-electron chi connectivity index (χ0n) is 9.90. The molecule has 0 radical (unpaired) electrons. The molecule has 0 atom stereocenters. The minimum atomic E-state index is -0.0730. The molecule has 4 heteroatoms. The highest BCUT2D eigenvalue weighted by Gasteiger charge is 2.19. The Morgan fingerprint density at radius 3 is 2.62 bits per heavy atom. The molecular weight excluding hydrogens is 224 g/mol. The molecule has 3 nitrogen and oxygen atoms in total. The summed E-state index contributed by atoms with van der Waals surface area (Å²) in [7, 11) is 1.81. The van der Waals surface area contributed by atoms with E-state index < -0.39 is 0 Å². The molecule has 1 aromatic heterocycles. The van der Waals surface area contributed by atoms with Gasteiger partial charge in [-0.3, -0.25) is 9.78 Å². The number of carbonyl (C=O) groups is 1. The number of hydrogen-bond donors (Lipinski definition) is 0. The lowest BCUT2D eigenvalue weighted by Gasteiger charge is -2.25. The van der Waals surface area contributed by atoms with Crippen LogP contribution in [-0.4, -0.2) is 28.9 Å². The molecule has 0 aliphatic carbocycles. The van der Waals surface area contributed by atoms with Crippen molar-refractivity contribution in [1.82, 2.24) is 9.88 Å². The summed E-state index contributed by atoms with van der Waals surface area (Å²) in [5, 5.41) is 0.538. The first-order chi connectivity index (χ1) is 7.60. The molecule has 0 aliphatic rings. The number of carbonyl (C=O) groups excluding carboxylic acids is 1. The van der Waals surface area contributed by atoms with Crippen molar-refractivity contribution in [2.24, 2.45) is 0 Å². The van der Waals surface area contributed by atoms with E-state index in [0.29, 0.717) is 10.7 Å². The third kappa shape index (κ3) is 2.95. The molecule has 0 bridgehead atoms. The van der Waals surface area contributed by atoms with Crippen LogP contribution >= 0.6 is 11.6 Å². The van der Waals surface area contributed by atoms with Crippen LogP contribution in [0.5, 0.6) is 0 Å². The second-order valence-corrected chi connectivity index (χ2v) is 4.18. The monoisotopic (exact) mass is 240 g/mol. The van der Waals surface area contributed by atoms with E-state index in [1.807, 2.05) is 7.05 Å². The molecule has 0 saturated heterocycles. The van der Waals surface area contributed by atoms with E-state index in [0.717, 1.165) is 12.8 Å². The van der Waals surface area contributed by atoms with Gasteiger partial charge < -0.3 is 4.90 Å². The van der Waals surface area contributed by atoms with Crippen molar-refractivity contribution in [2.75, 3.05) is 7.05 Å². The molecule has 0 saturated carbocycles. The number of aromatic nitrogens is 1. The van der Waals surface area contributed by atoms with Gasteiger partial charge in [0.2, 0.25) is 0 Å². The molecule has 0 N–H and O–H groups in total. The van der Waals surface area contributed by atoms with Gasteiger partial charge in [0, 0.05) is 24.3 Å². The summed E-state index contributed by atoms with van der Waals surface area (Å²) in [5.74, 6) is -0.0730. The number of hydrogen-bond acceptors (Lipinski definition) is 2. The number of halogens is 1. The highest BCUT2D eigenvalue weighted by atomic mass is 35.5. The second kappa shape index (κ2) is 5.85. The Morgan fingerprint density at radius 1 is 1.50 bits per heavy atom. The SMILES string of the molecule is CCC(CC)N(C)C(=O)c1cc(Cl)ccn1. The number of rotatable bonds is 4. The maximum Gasteiger partial charge on any atom is 0.272 e. The smallest absolute Gasteiger partial charge is 0.272 e. The fourth-order valence-corrected chi connectivity index (χ4v) is 1.86. The van der Waals surface area contributed by atoms with Gasteiger partial charge in [-0.2, -0.15) is 0 Å². The molecule has 1 amide bonds. The summed E-state index contributed by atoms with van der Waals surface area (Å²) in [6.07, 6.45) is 3.44. The Hall–Kier alpha value is -1.09. The number of pyridine rings is 1. The molecule has 88 valence electrons. The summed E-state index contributed by atoms with van der Waals surface area (Å²) in [6.45, 7) is 4.15. The summed E-state index contributed by atoms with van der Waals surface area (Å²) >= 11 is 5.83. The molecule has 1 aromatic rings. The van der Waals surface area contributed by atoms with Crippen LogP contribution in [0.3, 0.4) is 0 Å². The maximum atomic E-state index is 12.1. The van der Waals surface area contributed by atoms with E-state index in [9.17, 15) is 4.79 Å². The van der Waals surface area contributed by atoms with E-state index in [-0.39, 0.29) is 11.9 Å². The standard InChI is InChI=1S/C12H17ClN2O/c1-4-10(5-2)15(3)12(16)11-8-9(13)6-7-14-11/h6-8,10H,4-5H2,1-3H3. The molecule has 0 spiro atoms. The molecule has 16 heavy (non-hydrogen) atoms. The van der Waals surface area contributed by atoms with E-state index in [2.05, 4.69) is 18.8 Å². The summed E-state index contributed by atoms with van der Waals surface area (Å²) in [6, 6.07) is 3.52. The van der Waals surface area contributed by atoms with E-state index in [1.165, 1.54) is 0 Å². The minimum absolute atomic E-state index is 0.0730. The van der Waals surface area contributed by atoms with Crippen LogP contribution in [0.15, 0.2) is 18.3 Å². The van der Waals surface area contributed by atoms with Crippen molar-refractivity contribution < 1.29 is 4.79 Å². The van der Waals surface area contributed by atoms with Gasteiger partial charge >= 0.3 is 0 Å². The summed E-state index contributed by atoms with van der Waals surface area (Å²) in [4.78, 5) is 17.8. The maximum absolute atomic E-state index is 12.1. The molecule has 1 rings (SSSR count). The lowest BCUT2D eigenvalue weighted by molar-refractivity contribution is 0.0718. The number of nitrogens with zero attached hydrogens (tertiary/aromatic N) is 2. The Balaban J connectivity index is 2.85. The highest BCUT2D eigenvalue weighted by Crippen LogP contribution is 2.13. The van der Waals surface area contributed by atoms with Crippen molar-refractivity contribution in [3.63, 3.8) is 0 Å². The van der Waals surface area contributed by atoms with E-state index in [1.54, 1.807) is 23.2 Å². The van der Waals surface area contributed by atoms with E-state index in [4.69, 9.17) is 11.6 Å². The number of amides is 1. The van der Waals surface area contributed by atoms with Crippen molar-refractivity contribution in [3.8, 4) is 0 Å². The predicted octanol–water partition coefficient (Wildman–Crippen LogP) is 3.00. The Bertz CT molecular complexity index is 364. The first-order valence-corrected chi connectivity index (χ1v) is 5.86. The van der Waals surface area contributed by atoms with Crippen molar-refractivity contribution in [3.05, 3.63) is 29.0 Å². The van der Waals surface area contributed by atoms with Gasteiger partial charge in [0.15, 0.2) is 0 Å². The average Bonchev–Trinajstić information content (AvgIpc) is 2.29. The highest BCUT2D eigenvalue weighted by molar-refractivity contribution is 6.30. The lowest BCUT2D eigenvalue weighted by atomic mass is 10.1. The topological polar surface area (TPSA) is 33.2 Å². The molecule has 0 aromatic carbocycles. The summed E-state index contributed by atoms with van der Waals surface area (Å²) < 4.78 is 0. The van der Waals surface area contributed by atoms with Crippen LogP contribution < -0.4 is 0 Å². The fraction of sp³-hybridized carbons (Fsp3) is 0.500. The van der Waals surface area contributed by atoms with Crippen LogP contribution in [0.4, 0.5) is 0 Å². The van der Waals surface area contributed by atoms with Crippen molar-refractivity contribution in [2.45, 2.75) is 32.7 Å². The Labute approximate surface area is 101 Å². The zero-order valence-corrected chi connectivity index (χ0v) is 10.7. The molecule has 0 aliphatic heterocycles. The second-order valence-electron chi connectivity index (χ2n) is 3.75. The Morgan fingerprint density at radius 2 is 2.12 bits per heavy atom. The third-order valence-electron chi connectivity index (χ3n) is 2.75. The molecule has 0 unspecified atom stereocenters.